The van der Waals surface area contributed by atoms with Crippen LogP contribution in [-0.2, 0) is 0 Å². The van der Waals surface area contributed by atoms with E-state index in [-0.39, 0.29) is 17.7 Å². The molecular weight excluding hydrogens is 219 g/mol. The van der Waals surface area contributed by atoms with E-state index >= 15 is 0 Å². The average molecular weight is 234 g/mol. The van der Waals surface area contributed by atoms with Crippen LogP contribution in [0.15, 0.2) is 18.2 Å². The molecule has 17 heavy (non-hydrogen) atoms. The number of nitriles is 1. The Labute approximate surface area is 99.9 Å². The van der Waals surface area contributed by atoms with E-state index < -0.39 is 5.82 Å². The summed E-state index contributed by atoms with van der Waals surface area (Å²) in [6, 6.07) is 6.06. The highest BCUT2D eigenvalue weighted by atomic mass is 19.1. The second-order valence-electron chi connectivity index (χ2n) is 4.57. The number of aliphatic hydroxyl groups excluding tert-OH is 1. The molecular formula is C13H15FN2O. The zero-order valence-corrected chi connectivity index (χ0v) is 9.54. The predicted octanol–water partition coefficient (Wildman–Crippen LogP) is 2.41. The van der Waals surface area contributed by atoms with Gasteiger partial charge in [-0.15, -0.1) is 0 Å². The van der Waals surface area contributed by atoms with E-state index in [1.54, 1.807) is 6.07 Å². The molecule has 0 radical (unpaired) electrons. The van der Waals surface area contributed by atoms with Crippen LogP contribution in [0, 0.1) is 17.1 Å². The molecule has 1 aromatic rings. The Kier molecular flexibility index (Phi) is 3.30. The maximum Gasteiger partial charge on any atom is 0.124 e. The third-order valence-corrected chi connectivity index (χ3v) is 3.37. The summed E-state index contributed by atoms with van der Waals surface area (Å²) in [4.78, 5) is 0. The lowest BCUT2D eigenvalue weighted by Crippen LogP contribution is -2.39. The minimum absolute atomic E-state index is 0.0369. The van der Waals surface area contributed by atoms with Crippen molar-refractivity contribution in [2.75, 3.05) is 11.9 Å². The van der Waals surface area contributed by atoms with Crippen molar-refractivity contribution in [2.24, 2.45) is 0 Å². The van der Waals surface area contributed by atoms with Gasteiger partial charge in [-0.2, -0.15) is 5.26 Å². The molecule has 0 saturated heterocycles. The molecule has 1 aliphatic carbocycles. The summed E-state index contributed by atoms with van der Waals surface area (Å²) < 4.78 is 13.0. The fourth-order valence-corrected chi connectivity index (χ4v) is 2.38. The Hall–Kier alpha value is -1.60. The molecule has 1 aliphatic rings. The van der Waals surface area contributed by atoms with Gasteiger partial charge in [-0.1, -0.05) is 12.8 Å². The number of halogens is 1. The van der Waals surface area contributed by atoms with Crippen molar-refractivity contribution < 1.29 is 9.50 Å². The number of nitrogens with one attached hydrogen (secondary N) is 1. The first kappa shape index (κ1) is 11.9. The molecule has 0 heterocycles. The van der Waals surface area contributed by atoms with E-state index in [9.17, 15) is 9.50 Å². The Morgan fingerprint density at radius 1 is 1.41 bits per heavy atom. The van der Waals surface area contributed by atoms with Crippen molar-refractivity contribution in [1.82, 2.24) is 0 Å². The van der Waals surface area contributed by atoms with Crippen LogP contribution in [0.3, 0.4) is 0 Å². The number of anilines is 1. The fraction of sp³-hybridized carbons (Fsp3) is 0.462. The lowest BCUT2D eigenvalue weighted by Gasteiger charge is -2.29. The van der Waals surface area contributed by atoms with Gasteiger partial charge >= 0.3 is 0 Å². The molecule has 0 atom stereocenters. The summed E-state index contributed by atoms with van der Waals surface area (Å²) in [6.45, 7) is 0.0369. The second-order valence-corrected chi connectivity index (χ2v) is 4.57. The van der Waals surface area contributed by atoms with Gasteiger partial charge in [0, 0.05) is 0 Å². The van der Waals surface area contributed by atoms with Crippen LogP contribution in [0.4, 0.5) is 10.1 Å². The maximum atomic E-state index is 13.0. The highest BCUT2D eigenvalue weighted by Gasteiger charge is 2.33. The lowest BCUT2D eigenvalue weighted by atomic mass is 9.97. The van der Waals surface area contributed by atoms with Gasteiger partial charge in [-0.3, -0.25) is 0 Å². The lowest BCUT2D eigenvalue weighted by molar-refractivity contribution is 0.214. The van der Waals surface area contributed by atoms with Gasteiger partial charge in [0.15, 0.2) is 0 Å². The maximum absolute atomic E-state index is 13.0. The Balaban J connectivity index is 2.26. The first-order valence-corrected chi connectivity index (χ1v) is 5.78. The highest BCUT2D eigenvalue weighted by Crippen LogP contribution is 2.33. The van der Waals surface area contributed by atoms with Crippen molar-refractivity contribution in [3.8, 4) is 6.07 Å². The van der Waals surface area contributed by atoms with Crippen LogP contribution in [0.2, 0.25) is 0 Å². The van der Waals surface area contributed by atoms with E-state index in [1.807, 2.05) is 6.07 Å². The standard InChI is InChI=1S/C13H15FN2O/c14-11-3-4-12(10(7-11)8-15)16-13(9-17)5-1-2-6-13/h3-4,7,16-17H,1-2,5-6,9H2. The molecule has 0 aromatic heterocycles. The van der Waals surface area contributed by atoms with E-state index in [4.69, 9.17) is 5.26 Å². The zero-order chi connectivity index (χ0) is 12.3. The minimum Gasteiger partial charge on any atom is -0.394 e. The van der Waals surface area contributed by atoms with Gasteiger partial charge in [0.25, 0.3) is 0 Å². The minimum atomic E-state index is -0.420. The third-order valence-electron chi connectivity index (χ3n) is 3.37. The summed E-state index contributed by atoms with van der Waals surface area (Å²) in [5.41, 5.74) is 0.540. The number of benzene rings is 1. The molecule has 2 rings (SSSR count). The van der Waals surface area contributed by atoms with Gasteiger partial charge in [-0.05, 0) is 31.0 Å². The van der Waals surface area contributed by atoms with E-state index in [2.05, 4.69) is 5.32 Å². The van der Waals surface area contributed by atoms with Crippen molar-refractivity contribution in [3.05, 3.63) is 29.6 Å². The van der Waals surface area contributed by atoms with Gasteiger partial charge in [0.2, 0.25) is 0 Å². The molecule has 0 aliphatic heterocycles. The van der Waals surface area contributed by atoms with Gasteiger partial charge in [0.1, 0.15) is 11.9 Å². The summed E-state index contributed by atoms with van der Waals surface area (Å²) >= 11 is 0. The van der Waals surface area contributed by atoms with Gasteiger partial charge in [0.05, 0.1) is 23.4 Å². The van der Waals surface area contributed by atoms with Crippen molar-refractivity contribution in [2.45, 2.75) is 31.2 Å². The molecule has 0 spiro atoms. The molecule has 2 N–H and O–H groups in total. The highest BCUT2D eigenvalue weighted by molar-refractivity contribution is 5.59. The van der Waals surface area contributed by atoms with Crippen LogP contribution in [0.25, 0.3) is 0 Å². The molecule has 90 valence electrons. The topological polar surface area (TPSA) is 56.0 Å². The summed E-state index contributed by atoms with van der Waals surface area (Å²) in [5, 5.41) is 21.6. The SMILES string of the molecule is N#Cc1cc(F)ccc1NC1(CO)CCCC1. The largest absolute Gasteiger partial charge is 0.394 e. The zero-order valence-electron chi connectivity index (χ0n) is 9.54. The molecule has 3 nitrogen and oxygen atoms in total. The molecule has 4 heteroatoms. The summed E-state index contributed by atoms with van der Waals surface area (Å²) in [5.74, 6) is -0.420. The van der Waals surface area contributed by atoms with Crippen LogP contribution in [0.1, 0.15) is 31.2 Å². The van der Waals surface area contributed by atoms with Crippen molar-refractivity contribution in [3.63, 3.8) is 0 Å². The number of aliphatic hydroxyl groups is 1. The second kappa shape index (κ2) is 4.72. The first-order chi connectivity index (χ1) is 8.19. The Morgan fingerprint density at radius 2 is 2.12 bits per heavy atom. The first-order valence-electron chi connectivity index (χ1n) is 5.78. The normalized spacial score (nSPS) is 17.7. The summed E-state index contributed by atoms with van der Waals surface area (Å²) in [7, 11) is 0. The molecule has 1 saturated carbocycles. The smallest absolute Gasteiger partial charge is 0.124 e. The van der Waals surface area contributed by atoms with Crippen LogP contribution in [0.5, 0.6) is 0 Å². The number of hydrogen-bond donors (Lipinski definition) is 2. The van der Waals surface area contributed by atoms with Crippen LogP contribution < -0.4 is 5.32 Å². The molecule has 0 amide bonds. The van der Waals surface area contributed by atoms with Gasteiger partial charge in [-0.25, -0.2) is 4.39 Å². The average Bonchev–Trinajstić information content (AvgIpc) is 2.81. The molecule has 0 unspecified atom stereocenters. The number of rotatable bonds is 3. The van der Waals surface area contributed by atoms with Crippen molar-refractivity contribution >= 4 is 5.69 Å². The quantitative estimate of drug-likeness (QED) is 0.844. The molecule has 0 bridgehead atoms. The molecule has 1 fully saturated rings. The number of nitrogens with zero attached hydrogens (tertiary/aromatic N) is 1. The van der Waals surface area contributed by atoms with Crippen molar-refractivity contribution in [1.29, 1.82) is 5.26 Å². The summed E-state index contributed by atoms with van der Waals surface area (Å²) in [6.07, 6.45) is 3.89. The van der Waals surface area contributed by atoms with Gasteiger partial charge < -0.3 is 10.4 Å². The third kappa shape index (κ3) is 2.40. The number of hydrogen-bond acceptors (Lipinski definition) is 3. The predicted molar refractivity (Wildman–Crippen MR) is 63.0 cm³/mol. The van der Waals surface area contributed by atoms with Crippen LogP contribution >= 0.6 is 0 Å². The Bertz CT molecular complexity index is 447. The van der Waals surface area contributed by atoms with E-state index in [0.29, 0.717) is 5.69 Å². The van der Waals surface area contributed by atoms with Crippen LogP contribution in [-0.4, -0.2) is 17.3 Å². The monoisotopic (exact) mass is 234 g/mol. The Morgan fingerprint density at radius 3 is 2.71 bits per heavy atom. The molecule has 1 aromatic carbocycles. The van der Waals surface area contributed by atoms with E-state index in [0.717, 1.165) is 25.7 Å². The fourth-order valence-electron chi connectivity index (χ4n) is 2.38. The van der Waals surface area contributed by atoms with E-state index in [1.165, 1.54) is 12.1 Å².